The molecule has 2 rings (SSSR count). The van der Waals surface area contributed by atoms with E-state index >= 15 is 0 Å². The fourth-order valence-corrected chi connectivity index (χ4v) is 3.14. The molecular weight excluding hydrogens is 236 g/mol. The Morgan fingerprint density at radius 1 is 1.59 bits per heavy atom. The van der Waals surface area contributed by atoms with Gasteiger partial charge >= 0.3 is 5.97 Å². The molecule has 0 bridgehead atoms. The van der Waals surface area contributed by atoms with Crippen LogP contribution in [0.2, 0.25) is 0 Å². The minimum atomic E-state index is -0.985. The van der Waals surface area contributed by atoms with Gasteiger partial charge in [0.2, 0.25) is 0 Å². The number of nitrogens with one attached hydrogen (secondary N) is 1. The quantitative estimate of drug-likeness (QED) is 0.717. The minimum absolute atomic E-state index is 0.161. The van der Waals surface area contributed by atoms with Gasteiger partial charge in [-0.05, 0) is 30.7 Å². The van der Waals surface area contributed by atoms with E-state index in [0.29, 0.717) is 10.9 Å². The third kappa shape index (κ3) is 2.85. The SMILES string of the molecule is Nc1c(NCC2CCCS2)cccc1C(=O)O. The molecule has 4 N–H and O–H groups in total. The molecule has 1 fully saturated rings. The summed E-state index contributed by atoms with van der Waals surface area (Å²) in [5.41, 5.74) is 7.02. The van der Waals surface area contributed by atoms with E-state index in [2.05, 4.69) is 5.32 Å². The molecule has 0 amide bonds. The molecule has 0 aromatic heterocycles. The molecule has 92 valence electrons. The number of nitrogens with two attached hydrogens (primary N) is 1. The average molecular weight is 252 g/mol. The Morgan fingerprint density at radius 3 is 3.06 bits per heavy atom. The van der Waals surface area contributed by atoms with E-state index < -0.39 is 5.97 Å². The maximum absolute atomic E-state index is 10.9. The van der Waals surface area contributed by atoms with Gasteiger partial charge in [-0.1, -0.05) is 6.07 Å². The van der Waals surface area contributed by atoms with Crippen molar-refractivity contribution in [2.24, 2.45) is 0 Å². The zero-order valence-electron chi connectivity index (χ0n) is 9.48. The number of rotatable bonds is 4. The van der Waals surface area contributed by atoms with Crippen LogP contribution in [0.1, 0.15) is 23.2 Å². The van der Waals surface area contributed by atoms with E-state index in [1.54, 1.807) is 6.07 Å². The lowest BCUT2D eigenvalue weighted by Crippen LogP contribution is -2.15. The normalized spacial score (nSPS) is 19.2. The topological polar surface area (TPSA) is 75.3 Å². The molecule has 0 radical (unpaired) electrons. The van der Waals surface area contributed by atoms with Gasteiger partial charge in [0, 0.05) is 11.8 Å². The largest absolute Gasteiger partial charge is 0.478 e. The van der Waals surface area contributed by atoms with Crippen LogP contribution in [0, 0.1) is 0 Å². The van der Waals surface area contributed by atoms with E-state index in [-0.39, 0.29) is 5.56 Å². The van der Waals surface area contributed by atoms with Crippen molar-refractivity contribution in [1.82, 2.24) is 0 Å². The molecule has 4 nitrogen and oxygen atoms in total. The second-order valence-electron chi connectivity index (χ2n) is 4.09. The Balaban J connectivity index is 2.04. The summed E-state index contributed by atoms with van der Waals surface area (Å²) in [6.45, 7) is 0.845. The average Bonchev–Trinajstić information content (AvgIpc) is 2.80. The van der Waals surface area contributed by atoms with Crippen molar-refractivity contribution < 1.29 is 9.90 Å². The van der Waals surface area contributed by atoms with Gasteiger partial charge in [-0.2, -0.15) is 11.8 Å². The molecule has 5 heteroatoms. The summed E-state index contributed by atoms with van der Waals surface area (Å²) in [6, 6.07) is 5.05. The van der Waals surface area contributed by atoms with E-state index in [4.69, 9.17) is 10.8 Å². The van der Waals surface area contributed by atoms with Crippen LogP contribution >= 0.6 is 11.8 Å². The number of benzene rings is 1. The Labute approximate surface area is 105 Å². The van der Waals surface area contributed by atoms with Crippen LogP contribution in [0.4, 0.5) is 11.4 Å². The number of thioether (sulfide) groups is 1. The minimum Gasteiger partial charge on any atom is -0.478 e. The summed E-state index contributed by atoms with van der Waals surface area (Å²) in [7, 11) is 0. The molecule has 0 saturated carbocycles. The Morgan fingerprint density at radius 2 is 2.41 bits per heavy atom. The van der Waals surface area contributed by atoms with Crippen LogP contribution in [-0.2, 0) is 0 Å². The first-order valence-electron chi connectivity index (χ1n) is 5.65. The summed E-state index contributed by atoms with van der Waals surface area (Å²) in [4.78, 5) is 10.9. The molecule has 17 heavy (non-hydrogen) atoms. The van der Waals surface area contributed by atoms with E-state index in [1.165, 1.54) is 24.7 Å². The summed E-state index contributed by atoms with van der Waals surface area (Å²) < 4.78 is 0. The van der Waals surface area contributed by atoms with Crippen LogP contribution in [0.3, 0.4) is 0 Å². The zero-order chi connectivity index (χ0) is 12.3. The van der Waals surface area contributed by atoms with Crippen LogP contribution < -0.4 is 11.1 Å². The van der Waals surface area contributed by atoms with E-state index in [0.717, 1.165) is 12.2 Å². The Hall–Kier alpha value is -1.36. The van der Waals surface area contributed by atoms with Gasteiger partial charge in [-0.25, -0.2) is 4.79 Å². The zero-order valence-corrected chi connectivity index (χ0v) is 10.3. The molecule has 1 aliphatic heterocycles. The highest BCUT2D eigenvalue weighted by atomic mass is 32.2. The summed E-state index contributed by atoms with van der Waals surface area (Å²) >= 11 is 1.96. The smallest absolute Gasteiger partial charge is 0.337 e. The lowest BCUT2D eigenvalue weighted by molar-refractivity contribution is 0.0698. The number of carbonyl (C=O) groups is 1. The van der Waals surface area contributed by atoms with Crippen molar-refractivity contribution >= 4 is 29.1 Å². The number of aromatic carboxylic acids is 1. The highest BCUT2D eigenvalue weighted by molar-refractivity contribution is 8.00. The third-order valence-electron chi connectivity index (χ3n) is 2.88. The molecule has 1 heterocycles. The molecule has 1 aromatic rings. The lowest BCUT2D eigenvalue weighted by atomic mass is 10.1. The van der Waals surface area contributed by atoms with Crippen LogP contribution in [0.5, 0.6) is 0 Å². The van der Waals surface area contributed by atoms with Gasteiger partial charge in [0.1, 0.15) is 0 Å². The fourth-order valence-electron chi connectivity index (χ4n) is 1.93. The van der Waals surface area contributed by atoms with Crippen molar-refractivity contribution in [2.75, 3.05) is 23.3 Å². The molecule has 1 atom stereocenters. The monoisotopic (exact) mass is 252 g/mol. The van der Waals surface area contributed by atoms with Crippen molar-refractivity contribution in [3.63, 3.8) is 0 Å². The van der Waals surface area contributed by atoms with Gasteiger partial charge < -0.3 is 16.2 Å². The number of para-hydroxylation sites is 1. The van der Waals surface area contributed by atoms with E-state index in [1.807, 2.05) is 17.8 Å². The van der Waals surface area contributed by atoms with E-state index in [9.17, 15) is 4.79 Å². The molecular formula is C12H16N2O2S. The fraction of sp³-hybridized carbons (Fsp3) is 0.417. The number of hydrogen-bond donors (Lipinski definition) is 3. The first-order chi connectivity index (χ1) is 8.18. The summed E-state index contributed by atoms with van der Waals surface area (Å²) in [6.07, 6.45) is 2.48. The van der Waals surface area contributed by atoms with Crippen LogP contribution in [0.25, 0.3) is 0 Å². The van der Waals surface area contributed by atoms with Gasteiger partial charge in [0.25, 0.3) is 0 Å². The standard InChI is InChI=1S/C12H16N2O2S/c13-11-9(12(15)16)4-1-5-10(11)14-7-8-3-2-6-17-8/h1,4-5,8,14H,2-3,6-7,13H2,(H,15,16). The van der Waals surface area contributed by atoms with Crippen molar-refractivity contribution in [2.45, 2.75) is 18.1 Å². The second kappa shape index (κ2) is 5.31. The maximum Gasteiger partial charge on any atom is 0.337 e. The first-order valence-corrected chi connectivity index (χ1v) is 6.70. The van der Waals surface area contributed by atoms with Crippen molar-refractivity contribution in [3.8, 4) is 0 Å². The second-order valence-corrected chi connectivity index (χ2v) is 5.50. The highest BCUT2D eigenvalue weighted by Gasteiger charge is 2.16. The number of carboxylic acid groups (broad SMARTS) is 1. The molecule has 1 aliphatic rings. The summed E-state index contributed by atoms with van der Waals surface area (Å²) in [5, 5.41) is 12.8. The van der Waals surface area contributed by atoms with Gasteiger partial charge in [-0.15, -0.1) is 0 Å². The lowest BCUT2D eigenvalue weighted by Gasteiger charge is -2.14. The molecule has 1 saturated heterocycles. The number of nitrogen functional groups attached to an aromatic ring is 1. The highest BCUT2D eigenvalue weighted by Crippen LogP contribution is 2.28. The predicted octanol–water partition coefficient (Wildman–Crippen LogP) is 2.27. The molecule has 0 spiro atoms. The predicted molar refractivity (Wildman–Crippen MR) is 71.8 cm³/mol. The maximum atomic E-state index is 10.9. The Bertz CT molecular complexity index is 417. The van der Waals surface area contributed by atoms with Gasteiger partial charge in [0.15, 0.2) is 0 Å². The van der Waals surface area contributed by atoms with Gasteiger partial charge in [-0.3, -0.25) is 0 Å². The van der Waals surface area contributed by atoms with Crippen molar-refractivity contribution in [1.29, 1.82) is 0 Å². The Kier molecular flexibility index (Phi) is 3.78. The molecule has 1 unspecified atom stereocenters. The van der Waals surface area contributed by atoms with Crippen LogP contribution in [-0.4, -0.2) is 28.6 Å². The third-order valence-corrected chi connectivity index (χ3v) is 4.28. The number of anilines is 2. The summed E-state index contributed by atoms with van der Waals surface area (Å²) in [5.74, 6) is 0.234. The molecule has 1 aromatic carbocycles. The number of carboxylic acids is 1. The van der Waals surface area contributed by atoms with Crippen molar-refractivity contribution in [3.05, 3.63) is 23.8 Å². The van der Waals surface area contributed by atoms with Crippen LogP contribution in [0.15, 0.2) is 18.2 Å². The van der Waals surface area contributed by atoms with Gasteiger partial charge in [0.05, 0.1) is 16.9 Å². The molecule has 0 aliphatic carbocycles. The number of hydrogen-bond acceptors (Lipinski definition) is 4. The first kappa shape index (κ1) is 12.1.